The van der Waals surface area contributed by atoms with Gasteiger partial charge in [-0.25, -0.2) is 0 Å². The van der Waals surface area contributed by atoms with Crippen molar-refractivity contribution >= 4 is 35.5 Å². The molecule has 14 heteroatoms. The Balaban J connectivity index is 0.000000887. The smallest absolute Gasteiger partial charge is 0.542 e. The van der Waals surface area contributed by atoms with Crippen molar-refractivity contribution < 1.29 is 75.9 Å². The maximum Gasteiger partial charge on any atom is 2.00 e. The third-order valence-corrected chi connectivity index (χ3v) is 7.96. The molecule has 0 aliphatic carbocycles. The number of aliphatic carboxylic acids is 1. The number of benzene rings is 1. The van der Waals surface area contributed by atoms with Gasteiger partial charge in [0.25, 0.3) is 0 Å². The molecule has 1 aromatic heterocycles. The van der Waals surface area contributed by atoms with E-state index in [9.17, 15) is 19.2 Å². The van der Waals surface area contributed by atoms with Crippen LogP contribution in [0, 0.1) is 14.0 Å². The number of likely N-dealkylation sites (tertiary alicyclic amines) is 1. The summed E-state index contributed by atoms with van der Waals surface area (Å²) in [5, 5.41) is 14.3. The number of aryl methyl sites for hydroxylation is 1. The molecule has 1 aromatic carbocycles. The maximum atomic E-state index is 12.3. The van der Waals surface area contributed by atoms with Gasteiger partial charge in [0.15, 0.2) is 0 Å². The monoisotopic (exact) mass is 996 g/mol. The van der Waals surface area contributed by atoms with Crippen LogP contribution in [0.1, 0.15) is 56.7 Å². The van der Waals surface area contributed by atoms with Crippen LogP contribution in [-0.2, 0) is 83.9 Å². The van der Waals surface area contributed by atoms with Crippen LogP contribution in [0.5, 0.6) is 0 Å². The van der Waals surface area contributed by atoms with Gasteiger partial charge in [0.05, 0.1) is 32.8 Å². The molecule has 4 rings (SSSR count). The van der Waals surface area contributed by atoms with E-state index < -0.39 is 5.97 Å². The van der Waals surface area contributed by atoms with Crippen LogP contribution >= 0.6 is 0 Å². The predicted octanol–water partition coefficient (Wildman–Crippen LogP) is 3.13. The average molecular weight is 996 g/mol. The Kier molecular flexibility index (Phi) is 23.1. The van der Waals surface area contributed by atoms with E-state index in [2.05, 4.69) is 66.4 Å². The minimum atomic E-state index is -0.909. The normalized spacial score (nSPS) is 14.7. The summed E-state index contributed by atoms with van der Waals surface area (Å²) in [6.07, 6.45) is 5.27. The number of para-hydroxylation sites is 1. The van der Waals surface area contributed by atoms with Crippen molar-refractivity contribution in [2.75, 3.05) is 60.2 Å². The molecule has 47 heavy (non-hydrogen) atoms. The second-order valence-corrected chi connectivity index (χ2v) is 11.0. The first-order chi connectivity index (χ1) is 21.3. The Hall–Kier alpha value is -2.07. The van der Waals surface area contributed by atoms with Crippen molar-refractivity contribution in [2.45, 2.75) is 64.6 Å². The predicted molar refractivity (Wildman–Crippen MR) is 172 cm³/mol. The topological polar surface area (TPSA) is 125 Å². The second-order valence-electron chi connectivity index (χ2n) is 11.0. The number of hydrogen-bond donors (Lipinski definition) is 1. The van der Waals surface area contributed by atoms with Gasteiger partial charge >= 0.3 is 27.0 Å². The molecule has 1 fully saturated rings. The van der Waals surface area contributed by atoms with Crippen LogP contribution < -0.4 is 0 Å². The molecule has 0 spiro atoms. The van der Waals surface area contributed by atoms with E-state index in [0.717, 1.165) is 19.5 Å². The minimum Gasteiger partial charge on any atom is -0.542 e. The SMILES string of the molecule is CCCn1c2c(c3ccccc31)[CH-]N(C)N(C)C2.O=[C-]CCC(=O)N(CCOCCOCCC(=O)O)C1CCN(C=O)CC1.[CH3-].[W+2].[W]. The van der Waals surface area contributed by atoms with Gasteiger partial charge in [0.2, 0.25) is 12.3 Å². The number of carbonyl (C=O) groups is 3. The summed E-state index contributed by atoms with van der Waals surface area (Å²) in [5.74, 6) is -1.02. The number of fused-ring (bicyclic) bond motifs is 3. The molecule has 0 radical (unpaired) electrons. The largest absolute Gasteiger partial charge is 2.00 e. The number of hydrogen-bond acceptors (Lipinski definition) is 8. The molecule has 2 aliphatic heterocycles. The van der Waals surface area contributed by atoms with Crippen molar-refractivity contribution in [3.05, 3.63) is 49.5 Å². The number of piperidine rings is 1. The molecule has 0 bridgehead atoms. The molecular weight excluding hydrogens is 946 g/mol. The van der Waals surface area contributed by atoms with Gasteiger partial charge in [0, 0.05) is 73.3 Å². The number of carboxylic acids is 1. The molecule has 3 heterocycles. The van der Waals surface area contributed by atoms with Crippen LogP contribution in [0.3, 0.4) is 0 Å². The molecule has 2 aliphatic rings. The molecule has 2 aromatic rings. The second kappa shape index (κ2) is 24.1. The van der Waals surface area contributed by atoms with Crippen LogP contribution in [-0.4, -0.2) is 120 Å². The van der Waals surface area contributed by atoms with E-state index in [1.54, 1.807) is 16.1 Å². The third-order valence-electron chi connectivity index (χ3n) is 7.96. The van der Waals surface area contributed by atoms with E-state index in [-0.39, 0.29) is 87.4 Å². The van der Waals surface area contributed by atoms with Crippen molar-refractivity contribution in [3.63, 3.8) is 0 Å². The zero-order valence-electron chi connectivity index (χ0n) is 28.1. The third kappa shape index (κ3) is 13.8. The van der Waals surface area contributed by atoms with E-state index in [0.29, 0.717) is 52.3 Å². The number of ether oxygens (including phenoxy) is 2. The van der Waals surface area contributed by atoms with Crippen LogP contribution in [0.15, 0.2) is 24.3 Å². The van der Waals surface area contributed by atoms with Gasteiger partial charge in [-0.05, 0) is 31.8 Å². The average Bonchev–Trinajstić information content (AvgIpc) is 3.31. The van der Waals surface area contributed by atoms with E-state index in [1.807, 2.05) is 0 Å². The van der Waals surface area contributed by atoms with Crippen molar-refractivity contribution in [1.29, 1.82) is 0 Å². The summed E-state index contributed by atoms with van der Waals surface area (Å²) in [7, 11) is 4.24. The molecule has 1 saturated heterocycles. The number of carboxylic acid groups (broad SMARTS) is 1. The number of rotatable bonds is 16. The maximum absolute atomic E-state index is 12.3. The fourth-order valence-electron chi connectivity index (χ4n) is 5.55. The zero-order valence-corrected chi connectivity index (χ0v) is 34.0. The molecular formula is C33H50N5O7W2-. The first kappa shape index (κ1) is 44.9. The van der Waals surface area contributed by atoms with E-state index >= 15 is 0 Å². The fourth-order valence-corrected chi connectivity index (χ4v) is 5.55. The molecule has 0 saturated carbocycles. The van der Waals surface area contributed by atoms with Gasteiger partial charge in [-0.15, -0.1) is 30.0 Å². The molecule has 2 amide bonds. The Labute approximate surface area is 308 Å². The number of hydrazine groups is 1. The summed E-state index contributed by atoms with van der Waals surface area (Å²) in [5.41, 5.74) is 4.20. The Morgan fingerprint density at radius 3 is 2.36 bits per heavy atom. The van der Waals surface area contributed by atoms with Gasteiger partial charge in [0.1, 0.15) is 0 Å². The fraction of sp³-hybridized carbons (Fsp3) is 0.576. The Morgan fingerprint density at radius 1 is 1.09 bits per heavy atom. The molecule has 0 unspecified atom stereocenters. The van der Waals surface area contributed by atoms with Crippen LogP contribution in [0.2, 0.25) is 0 Å². The molecule has 262 valence electrons. The summed E-state index contributed by atoms with van der Waals surface area (Å²) >= 11 is 0. The summed E-state index contributed by atoms with van der Waals surface area (Å²) in [4.78, 5) is 47.3. The van der Waals surface area contributed by atoms with Crippen LogP contribution in [0.25, 0.3) is 10.9 Å². The summed E-state index contributed by atoms with van der Waals surface area (Å²) in [6, 6.07) is 8.76. The van der Waals surface area contributed by atoms with Crippen LogP contribution in [0.4, 0.5) is 0 Å². The number of nitrogens with zero attached hydrogens (tertiary/aromatic N) is 5. The van der Waals surface area contributed by atoms with E-state index in [1.165, 1.54) is 28.6 Å². The van der Waals surface area contributed by atoms with Gasteiger partial charge in [-0.2, -0.15) is 0 Å². The quantitative estimate of drug-likeness (QED) is 0.154. The van der Waals surface area contributed by atoms with Crippen molar-refractivity contribution in [3.8, 4) is 0 Å². The van der Waals surface area contributed by atoms with Crippen molar-refractivity contribution in [1.82, 2.24) is 24.4 Å². The summed E-state index contributed by atoms with van der Waals surface area (Å²) in [6.45, 7) is 9.25. The van der Waals surface area contributed by atoms with E-state index in [4.69, 9.17) is 14.6 Å². The first-order valence-corrected chi connectivity index (χ1v) is 15.4. The first-order valence-electron chi connectivity index (χ1n) is 15.4. The van der Waals surface area contributed by atoms with Gasteiger partial charge < -0.3 is 41.2 Å². The van der Waals surface area contributed by atoms with Gasteiger partial charge in [-0.3, -0.25) is 30.7 Å². The summed E-state index contributed by atoms with van der Waals surface area (Å²) < 4.78 is 13.1. The molecule has 12 nitrogen and oxygen atoms in total. The molecule has 1 N–H and O–H groups in total. The van der Waals surface area contributed by atoms with Crippen molar-refractivity contribution in [2.24, 2.45) is 0 Å². The zero-order chi connectivity index (χ0) is 31.9. The Morgan fingerprint density at radius 2 is 1.74 bits per heavy atom. The van der Waals surface area contributed by atoms with Gasteiger partial charge in [-0.1, -0.05) is 30.8 Å². The minimum absolute atomic E-state index is 0. The number of carbonyl (C=O) groups excluding carboxylic acids is 3. The molecule has 0 atom stereocenters. The number of aromatic nitrogens is 1. The number of amides is 2. The Bertz CT molecular complexity index is 1190. The standard InChI is InChI=1S/C17H27N2O7.C15H20N3.CH3.2W/c20-9-1-2-16(22)19(15-3-6-18(14-21)7-4-15)8-11-26-13-12-25-10-5-17(23)24;1-4-9-18-14-8-6-5-7-12(14)13-10-16(2)17(3)11-15(13)18;;;/h14-15H,1-8,10-13H2,(H,23,24);5-8,10H,4,9,11H2,1-3H3;1H3;;/q3*-1;;+2.